The summed E-state index contributed by atoms with van der Waals surface area (Å²) < 4.78 is 0. The first-order valence-electron chi connectivity index (χ1n) is 7.03. The zero-order chi connectivity index (χ0) is 15.1. The lowest BCUT2D eigenvalue weighted by atomic mass is 10.1. The largest absolute Gasteiger partial charge is 0.324 e. The van der Waals surface area contributed by atoms with Gasteiger partial charge in [-0.3, -0.25) is 9.69 Å². The summed E-state index contributed by atoms with van der Waals surface area (Å²) in [6, 6.07) is 8.92. The van der Waals surface area contributed by atoms with E-state index >= 15 is 0 Å². The van der Waals surface area contributed by atoms with E-state index in [1.54, 1.807) is 18.2 Å². The van der Waals surface area contributed by atoms with Gasteiger partial charge in [0.25, 0.3) is 0 Å². The number of amides is 1. The maximum absolute atomic E-state index is 12.3. The van der Waals surface area contributed by atoms with Crippen molar-refractivity contribution in [2.24, 2.45) is 5.92 Å². The maximum atomic E-state index is 12.3. The second kappa shape index (κ2) is 7.66. The second-order valence-corrected chi connectivity index (χ2v) is 5.30. The Hall–Kier alpha value is -1.86. The number of hydrogen-bond donors (Lipinski definition) is 1. The lowest BCUT2D eigenvalue weighted by molar-refractivity contribution is -0.120. The molecule has 0 spiro atoms. The van der Waals surface area contributed by atoms with Crippen LogP contribution in [0.3, 0.4) is 0 Å². The molecular formula is C16H23N3O. The maximum Gasteiger partial charge on any atom is 0.241 e. The molecule has 1 rings (SSSR count). The van der Waals surface area contributed by atoms with Gasteiger partial charge in [-0.2, -0.15) is 5.26 Å². The minimum atomic E-state index is -0.214. The molecule has 0 aliphatic carbocycles. The number of nitrogens with one attached hydrogen (secondary N) is 1. The number of rotatable bonds is 6. The Labute approximate surface area is 121 Å². The van der Waals surface area contributed by atoms with Gasteiger partial charge in [0.15, 0.2) is 0 Å². The van der Waals surface area contributed by atoms with E-state index in [1.807, 2.05) is 13.0 Å². The molecule has 0 aliphatic rings. The first kappa shape index (κ1) is 16.2. The third-order valence-electron chi connectivity index (χ3n) is 3.24. The first-order chi connectivity index (χ1) is 9.49. The minimum absolute atomic E-state index is 0.0739. The van der Waals surface area contributed by atoms with Gasteiger partial charge in [0.05, 0.1) is 17.3 Å². The van der Waals surface area contributed by atoms with Crippen molar-refractivity contribution < 1.29 is 4.79 Å². The molecule has 0 bridgehead atoms. The normalized spacial score (nSPS) is 12.2. The summed E-state index contributed by atoms with van der Waals surface area (Å²) in [7, 11) is 0. The van der Waals surface area contributed by atoms with Crippen LogP contribution >= 0.6 is 0 Å². The molecule has 1 unspecified atom stereocenters. The molecule has 0 fully saturated rings. The summed E-state index contributed by atoms with van der Waals surface area (Å²) in [6.07, 6.45) is 0. The summed E-state index contributed by atoms with van der Waals surface area (Å²) >= 11 is 0. The molecule has 0 saturated heterocycles. The minimum Gasteiger partial charge on any atom is -0.324 e. The van der Waals surface area contributed by atoms with Gasteiger partial charge < -0.3 is 5.32 Å². The molecule has 108 valence electrons. The van der Waals surface area contributed by atoms with Gasteiger partial charge in [0.1, 0.15) is 6.07 Å². The van der Waals surface area contributed by atoms with E-state index in [9.17, 15) is 4.79 Å². The van der Waals surface area contributed by atoms with E-state index < -0.39 is 0 Å². The van der Waals surface area contributed by atoms with Crippen molar-refractivity contribution in [2.45, 2.75) is 33.7 Å². The molecule has 1 atom stereocenters. The van der Waals surface area contributed by atoms with Crippen LogP contribution in [-0.2, 0) is 4.79 Å². The van der Waals surface area contributed by atoms with Crippen molar-refractivity contribution >= 4 is 11.6 Å². The average molecular weight is 273 g/mol. The van der Waals surface area contributed by atoms with E-state index in [0.717, 1.165) is 13.1 Å². The van der Waals surface area contributed by atoms with Crippen LogP contribution in [0.2, 0.25) is 0 Å². The average Bonchev–Trinajstić information content (AvgIpc) is 2.44. The molecule has 1 aromatic rings. The summed E-state index contributed by atoms with van der Waals surface area (Å²) in [5.41, 5.74) is 1.06. The predicted octanol–water partition coefficient (Wildman–Crippen LogP) is 2.86. The highest BCUT2D eigenvalue weighted by atomic mass is 16.2. The van der Waals surface area contributed by atoms with Crippen molar-refractivity contribution in [1.29, 1.82) is 5.26 Å². The summed E-state index contributed by atoms with van der Waals surface area (Å²) in [5.74, 6) is 0.437. The van der Waals surface area contributed by atoms with Gasteiger partial charge in [0.2, 0.25) is 5.91 Å². The van der Waals surface area contributed by atoms with Gasteiger partial charge in [-0.1, -0.05) is 32.9 Å². The molecule has 4 nitrogen and oxygen atoms in total. The fraction of sp³-hybridized carbons (Fsp3) is 0.500. The lowest BCUT2D eigenvalue weighted by Gasteiger charge is -2.28. The van der Waals surface area contributed by atoms with Gasteiger partial charge in [-0.05, 0) is 31.5 Å². The highest BCUT2D eigenvalue weighted by Gasteiger charge is 2.21. The molecule has 0 radical (unpaired) electrons. The number of carbonyl (C=O) groups is 1. The third-order valence-corrected chi connectivity index (χ3v) is 3.24. The highest BCUT2D eigenvalue weighted by molar-refractivity contribution is 5.95. The number of hydrogen-bond acceptors (Lipinski definition) is 3. The molecule has 4 heteroatoms. The topological polar surface area (TPSA) is 56.1 Å². The molecule has 20 heavy (non-hydrogen) atoms. The second-order valence-electron chi connectivity index (χ2n) is 5.30. The molecule has 0 heterocycles. The fourth-order valence-corrected chi connectivity index (χ4v) is 2.12. The van der Waals surface area contributed by atoms with Crippen molar-refractivity contribution in [1.82, 2.24) is 4.90 Å². The molecule has 0 aromatic heterocycles. The lowest BCUT2D eigenvalue weighted by Crippen LogP contribution is -2.43. The highest BCUT2D eigenvalue weighted by Crippen LogP contribution is 2.15. The Kier molecular flexibility index (Phi) is 6.20. The fourth-order valence-electron chi connectivity index (χ4n) is 2.12. The van der Waals surface area contributed by atoms with Crippen LogP contribution in [-0.4, -0.2) is 29.9 Å². The molecule has 1 N–H and O–H groups in total. The van der Waals surface area contributed by atoms with Crippen molar-refractivity contribution in [3.8, 4) is 6.07 Å². The van der Waals surface area contributed by atoms with E-state index in [1.165, 1.54) is 0 Å². The third kappa shape index (κ3) is 4.36. The molecular weight excluding hydrogens is 250 g/mol. The van der Waals surface area contributed by atoms with Crippen LogP contribution in [0, 0.1) is 17.2 Å². The summed E-state index contributed by atoms with van der Waals surface area (Å²) in [6.45, 7) is 9.93. The molecule has 0 saturated carbocycles. The number of benzene rings is 1. The van der Waals surface area contributed by atoms with Crippen LogP contribution in [0.4, 0.5) is 5.69 Å². The summed E-state index contributed by atoms with van der Waals surface area (Å²) in [5, 5.41) is 11.9. The van der Waals surface area contributed by atoms with Crippen molar-refractivity contribution in [2.75, 3.05) is 18.4 Å². The van der Waals surface area contributed by atoms with Crippen LogP contribution in [0.15, 0.2) is 24.3 Å². The Morgan fingerprint density at radius 2 is 2.00 bits per heavy atom. The predicted molar refractivity (Wildman–Crippen MR) is 81.3 cm³/mol. The zero-order valence-corrected chi connectivity index (χ0v) is 12.7. The van der Waals surface area contributed by atoms with Crippen LogP contribution in [0.1, 0.15) is 33.3 Å². The van der Waals surface area contributed by atoms with Crippen LogP contribution in [0.5, 0.6) is 0 Å². The first-order valence-corrected chi connectivity index (χ1v) is 7.03. The van der Waals surface area contributed by atoms with Crippen molar-refractivity contribution in [3.63, 3.8) is 0 Å². The smallest absolute Gasteiger partial charge is 0.241 e. The SMILES string of the molecule is CCN(CC(C)C)C(C)C(=O)Nc1ccccc1C#N. The van der Waals surface area contributed by atoms with E-state index in [4.69, 9.17) is 5.26 Å². The monoisotopic (exact) mass is 273 g/mol. The van der Waals surface area contributed by atoms with Crippen LogP contribution < -0.4 is 5.32 Å². The number of nitriles is 1. The van der Waals surface area contributed by atoms with E-state index in [2.05, 4.69) is 37.1 Å². The number of carbonyl (C=O) groups excluding carboxylic acids is 1. The van der Waals surface area contributed by atoms with Crippen LogP contribution in [0.25, 0.3) is 0 Å². The quantitative estimate of drug-likeness (QED) is 0.867. The Balaban J connectivity index is 2.77. The van der Waals surface area contributed by atoms with Gasteiger partial charge in [-0.15, -0.1) is 0 Å². The van der Waals surface area contributed by atoms with E-state index in [0.29, 0.717) is 17.2 Å². The molecule has 1 amide bonds. The van der Waals surface area contributed by atoms with Gasteiger partial charge >= 0.3 is 0 Å². The Bertz CT molecular complexity index is 491. The number of nitrogens with zero attached hydrogens (tertiary/aromatic N) is 2. The van der Waals surface area contributed by atoms with Gasteiger partial charge in [0, 0.05) is 6.54 Å². The molecule has 1 aromatic carbocycles. The standard InChI is InChI=1S/C16H23N3O/c1-5-19(11-12(2)3)13(4)16(20)18-15-9-7-6-8-14(15)10-17/h6-9,12-13H,5,11H2,1-4H3,(H,18,20). The van der Waals surface area contributed by atoms with Gasteiger partial charge in [-0.25, -0.2) is 0 Å². The van der Waals surface area contributed by atoms with Crippen molar-refractivity contribution in [3.05, 3.63) is 29.8 Å². The van der Waals surface area contributed by atoms with E-state index in [-0.39, 0.29) is 11.9 Å². The Morgan fingerprint density at radius 1 is 1.35 bits per heavy atom. The zero-order valence-electron chi connectivity index (χ0n) is 12.7. The molecule has 0 aliphatic heterocycles. The Morgan fingerprint density at radius 3 is 2.55 bits per heavy atom. The summed E-state index contributed by atoms with van der Waals surface area (Å²) in [4.78, 5) is 14.4. The number of anilines is 1. The number of para-hydroxylation sites is 1. The number of likely N-dealkylation sites (N-methyl/N-ethyl adjacent to an activating group) is 1.